The Morgan fingerprint density at radius 3 is 2.64 bits per heavy atom. The SMILES string of the molecule is CC(C)(C)OC(=O)N1CCC(Nc2cc3c(cc2Cl)NC(=O)C3)CC1. The molecule has 0 saturated carbocycles. The van der Waals surface area contributed by atoms with Gasteiger partial charge in [-0.15, -0.1) is 0 Å². The highest BCUT2D eigenvalue weighted by atomic mass is 35.5. The van der Waals surface area contributed by atoms with Crippen LogP contribution in [0.4, 0.5) is 16.2 Å². The van der Waals surface area contributed by atoms with E-state index in [4.69, 9.17) is 16.3 Å². The average molecular weight is 366 g/mol. The first-order chi connectivity index (χ1) is 11.7. The third-order valence-electron chi connectivity index (χ3n) is 4.32. The predicted octanol–water partition coefficient (Wildman–Crippen LogP) is 3.65. The second-order valence-corrected chi connectivity index (χ2v) is 8.01. The van der Waals surface area contributed by atoms with Crippen molar-refractivity contribution in [3.8, 4) is 0 Å². The number of hydrogen-bond donors (Lipinski definition) is 2. The first kappa shape index (κ1) is 17.9. The molecule has 2 heterocycles. The lowest BCUT2D eigenvalue weighted by atomic mass is 10.0. The third-order valence-corrected chi connectivity index (χ3v) is 4.64. The van der Waals surface area contributed by atoms with Gasteiger partial charge in [0.1, 0.15) is 5.60 Å². The van der Waals surface area contributed by atoms with Gasteiger partial charge < -0.3 is 20.3 Å². The Labute approximate surface area is 152 Å². The molecule has 2 N–H and O–H groups in total. The minimum absolute atomic E-state index is 0.00566. The van der Waals surface area contributed by atoms with Gasteiger partial charge in [-0.25, -0.2) is 4.79 Å². The number of halogens is 1. The summed E-state index contributed by atoms with van der Waals surface area (Å²) < 4.78 is 5.42. The number of rotatable bonds is 2. The smallest absolute Gasteiger partial charge is 0.410 e. The summed E-state index contributed by atoms with van der Waals surface area (Å²) in [5.74, 6) is -0.00566. The van der Waals surface area contributed by atoms with Gasteiger partial charge in [-0.3, -0.25) is 4.79 Å². The van der Waals surface area contributed by atoms with Crippen molar-refractivity contribution in [2.24, 2.45) is 0 Å². The maximum Gasteiger partial charge on any atom is 0.410 e. The van der Waals surface area contributed by atoms with E-state index in [1.54, 1.807) is 11.0 Å². The molecule has 7 heteroatoms. The molecule has 0 aromatic heterocycles. The number of carbonyl (C=O) groups is 2. The van der Waals surface area contributed by atoms with Crippen LogP contribution in [0, 0.1) is 0 Å². The van der Waals surface area contributed by atoms with Gasteiger partial charge in [0.05, 0.1) is 17.1 Å². The normalized spacial score (nSPS) is 17.9. The Hall–Kier alpha value is -1.95. The Morgan fingerprint density at radius 2 is 2.00 bits per heavy atom. The second kappa shape index (κ2) is 6.75. The molecular weight excluding hydrogens is 342 g/mol. The number of nitrogens with zero attached hydrogens (tertiary/aromatic N) is 1. The van der Waals surface area contributed by atoms with Crippen molar-refractivity contribution >= 4 is 35.0 Å². The number of piperidine rings is 1. The van der Waals surface area contributed by atoms with Crippen molar-refractivity contribution in [2.45, 2.75) is 51.7 Å². The molecule has 1 fully saturated rings. The minimum atomic E-state index is -0.477. The van der Waals surface area contributed by atoms with Gasteiger partial charge in [0.25, 0.3) is 0 Å². The molecular formula is C18H24ClN3O3. The van der Waals surface area contributed by atoms with Gasteiger partial charge >= 0.3 is 6.09 Å². The molecule has 136 valence electrons. The molecule has 2 aliphatic heterocycles. The van der Waals surface area contributed by atoms with Gasteiger partial charge in [0.2, 0.25) is 5.91 Å². The molecule has 0 bridgehead atoms. The number of ether oxygens (including phenoxy) is 1. The van der Waals surface area contributed by atoms with Crippen molar-refractivity contribution in [1.82, 2.24) is 4.90 Å². The van der Waals surface area contributed by atoms with E-state index in [2.05, 4.69) is 10.6 Å². The maximum absolute atomic E-state index is 12.1. The summed E-state index contributed by atoms with van der Waals surface area (Å²) in [6, 6.07) is 3.97. The van der Waals surface area contributed by atoms with E-state index in [-0.39, 0.29) is 18.0 Å². The topological polar surface area (TPSA) is 70.7 Å². The first-order valence-electron chi connectivity index (χ1n) is 8.58. The molecule has 6 nitrogen and oxygen atoms in total. The molecule has 3 rings (SSSR count). The van der Waals surface area contributed by atoms with Gasteiger partial charge in [-0.2, -0.15) is 0 Å². The van der Waals surface area contributed by atoms with Crippen LogP contribution in [0.2, 0.25) is 5.02 Å². The monoisotopic (exact) mass is 365 g/mol. The van der Waals surface area contributed by atoms with Crippen LogP contribution in [0.25, 0.3) is 0 Å². The fourth-order valence-electron chi connectivity index (χ4n) is 3.11. The zero-order chi connectivity index (χ0) is 18.2. The van der Waals surface area contributed by atoms with Crippen LogP contribution >= 0.6 is 11.6 Å². The summed E-state index contributed by atoms with van der Waals surface area (Å²) in [6.45, 7) is 6.91. The lowest BCUT2D eigenvalue weighted by Gasteiger charge is -2.34. The molecule has 2 amide bonds. The highest BCUT2D eigenvalue weighted by Crippen LogP contribution is 2.34. The molecule has 0 atom stereocenters. The molecule has 1 aromatic rings. The highest BCUT2D eigenvalue weighted by molar-refractivity contribution is 6.33. The van der Waals surface area contributed by atoms with Crippen molar-refractivity contribution < 1.29 is 14.3 Å². The lowest BCUT2D eigenvalue weighted by molar-refractivity contribution is -0.115. The zero-order valence-corrected chi connectivity index (χ0v) is 15.6. The lowest BCUT2D eigenvalue weighted by Crippen LogP contribution is -2.44. The molecule has 0 aliphatic carbocycles. The van der Waals surface area contributed by atoms with Crippen LogP contribution < -0.4 is 10.6 Å². The van der Waals surface area contributed by atoms with Crippen LogP contribution in [-0.2, 0) is 16.0 Å². The fourth-order valence-corrected chi connectivity index (χ4v) is 3.33. The molecule has 1 aromatic carbocycles. The van der Waals surface area contributed by atoms with E-state index in [1.165, 1.54) is 0 Å². The Morgan fingerprint density at radius 1 is 1.32 bits per heavy atom. The van der Waals surface area contributed by atoms with Crippen molar-refractivity contribution in [1.29, 1.82) is 0 Å². The van der Waals surface area contributed by atoms with Crippen LogP contribution in [0.3, 0.4) is 0 Å². The van der Waals surface area contributed by atoms with Crippen LogP contribution in [0.1, 0.15) is 39.2 Å². The number of carbonyl (C=O) groups excluding carboxylic acids is 2. The molecule has 2 aliphatic rings. The molecule has 0 spiro atoms. The summed E-state index contributed by atoms with van der Waals surface area (Å²) in [7, 11) is 0. The Balaban J connectivity index is 1.57. The highest BCUT2D eigenvalue weighted by Gasteiger charge is 2.27. The van der Waals surface area contributed by atoms with Gasteiger partial charge in [0, 0.05) is 24.8 Å². The summed E-state index contributed by atoms with van der Waals surface area (Å²) in [4.78, 5) is 25.3. The second-order valence-electron chi connectivity index (χ2n) is 7.60. The standard InChI is InChI=1S/C18H24ClN3O3/c1-18(2,3)25-17(24)22-6-4-12(5-7-22)20-15-8-11-9-16(23)21-14(11)10-13(15)19/h8,10,12,20H,4-7,9H2,1-3H3,(H,21,23). The van der Waals surface area contributed by atoms with Crippen molar-refractivity contribution in [3.63, 3.8) is 0 Å². The molecule has 0 unspecified atom stereocenters. The third kappa shape index (κ3) is 4.37. The van der Waals surface area contributed by atoms with Crippen molar-refractivity contribution in [2.75, 3.05) is 23.7 Å². The number of anilines is 2. The van der Waals surface area contributed by atoms with E-state index < -0.39 is 5.60 Å². The number of fused-ring (bicyclic) bond motifs is 1. The Bertz CT molecular complexity index is 692. The zero-order valence-electron chi connectivity index (χ0n) is 14.8. The van der Waals surface area contributed by atoms with Crippen molar-refractivity contribution in [3.05, 3.63) is 22.7 Å². The number of amides is 2. The molecule has 1 saturated heterocycles. The number of benzene rings is 1. The van der Waals surface area contributed by atoms with E-state index in [0.29, 0.717) is 24.5 Å². The minimum Gasteiger partial charge on any atom is -0.444 e. The predicted molar refractivity (Wildman–Crippen MR) is 98.2 cm³/mol. The Kier molecular flexibility index (Phi) is 4.82. The van der Waals surface area contributed by atoms with E-state index in [1.807, 2.05) is 26.8 Å². The van der Waals surface area contributed by atoms with Crippen LogP contribution in [0.5, 0.6) is 0 Å². The van der Waals surface area contributed by atoms with E-state index >= 15 is 0 Å². The number of hydrogen-bond acceptors (Lipinski definition) is 4. The van der Waals surface area contributed by atoms with E-state index in [0.717, 1.165) is 29.8 Å². The summed E-state index contributed by atoms with van der Waals surface area (Å²) in [6.07, 6.45) is 1.78. The largest absolute Gasteiger partial charge is 0.444 e. The first-order valence-corrected chi connectivity index (χ1v) is 8.96. The van der Waals surface area contributed by atoms with Gasteiger partial charge in [-0.1, -0.05) is 11.6 Å². The number of nitrogens with one attached hydrogen (secondary N) is 2. The van der Waals surface area contributed by atoms with Crippen LogP contribution in [-0.4, -0.2) is 41.6 Å². The summed E-state index contributed by atoms with van der Waals surface area (Å²) >= 11 is 6.33. The van der Waals surface area contributed by atoms with Gasteiger partial charge in [0.15, 0.2) is 0 Å². The quantitative estimate of drug-likeness (QED) is 0.839. The average Bonchev–Trinajstić information content (AvgIpc) is 2.85. The maximum atomic E-state index is 12.1. The molecule has 0 radical (unpaired) electrons. The summed E-state index contributed by atoms with van der Waals surface area (Å²) in [5, 5.41) is 6.84. The number of likely N-dealkylation sites (tertiary alicyclic amines) is 1. The van der Waals surface area contributed by atoms with Crippen LogP contribution in [0.15, 0.2) is 12.1 Å². The molecule has 25 heavy (non-hydrogen) atoms. The fraction of sp³-hybridized carbons (Fsp3) is 0.556. The summed E-state index contributed by atoms with van der Waals surface area (Å²) in [5.41, 5.74) is 2.12. The van der Waals surface area contributed by atoms with E-state index in [9.17, 15) is 9.59 Å². The van der Waals surface area contributed by atoms with Gasteiger partial charge in [-0.05, 0) is 51.3 Å².